The summed E-state index contributed by atoms with van der Waals surface area (Å²) in [5, 5.41) is 8.05. The van der Waals surface area contributed by atoms with Gasteiger partial charge in [0.1, 0.15) is 0 Å². The Balaban J connectivity index is 1.89. The summed E-state index contributed by atoms with van der Waals surface area (Å²) in [7, 11) is 0. The predicted molar refractivity (Wildman–Crippen MR) is 111 cm³/mol. The van der Waals surface area contributed by atoms with Gasteiger partial charge in [-0.05, 0) is 41.3 Å². The number of carbonyl (C=O) groups excluding carboxylic acids is 3. The van der Waals surface area contributed by atoms with Crippen LogP contribution in [0.2, 0.25) is 0 Å². The number of carbonyl (C=O) groups is 3. The lowest BCUT2D eigenvalue weighted by atomic mass is 9.87. The van der Waals surface area contributed by atoms with Gasteiger partial charge in [0.2, 0.25) is 11.8 Å². The molecule has 0 atom stereocenters. The van der Waals surface area contributed by atoms with Crippen LogP contribution in [-0.2, 0) is 15.0 Å². The van der Waals surface area contributed by atoms with E-state index in [-0.39, 0.29) is 29.7 Å². The van der Waals surface area contributed by atoms with E-state index in [0.717, 1.165) is 5.56 Å². The molecule has 0 aromatic heterocycles. The van der Waals surface area contributed by atoms with Crippen LogP contribution in [0.1, 0.15) is 50.0 Å². The van der Waals surface area contributed by atoms with Crippen molar-refractivity contribution in [1.82, 2.24) is 5.32 Å². The minimum absolute atomic E-state index is 0.0139. The summed E-state index contributed by atoms with van der Waals surface area (Å²) in [5.74, 6) is -0.758. The van der Waals surface area contributed by atoms with E-state index in [9.17, 15) is 14.4 Å². The maximum Gasteiger partial charge on any atom is 0.251 e. The summed E-state index contributed by atoms with van der Waals surface area (Å²) in [6.07, 6.45) is 0.374. The number of anilines is 2. The van der Waals surface area contributed by atoms with Crippen molar-refractivity contribution in [1.29, 1.82) is 0 Å². The molecule has 0 radical (unpaired) electrons. The Bertz CT molecular complexity index is 852. The summed E-state index contributed by atoms with van der Waals surface area (Å²) < 4.78 is 0. The molecule has 0 aliphatic carbocycles. The number of hydrogen-bond acceptors (Lipinski definition) is 3. The first-order valence-corrected chi connectivity index (χ1v) is 9.27. The molecule has 0 spiro atoms. The molecule has 2 rings (SSSR count). The second-order valence-electron chi connectivity index (χ2n) is 7.54. The molecule has 0 heterocycles. The van der Waals surface area contributed by atoms with E-state index >= 15 is 0 Å². The Morgan fingerprint density at radius 3 is 1.96 bits per heavy atom. The Morgan fingerprint density at radius 2 is 1.43 bits per heavy atom. The van der Waals surface area contributed by atoms with Crippen molar-refractivity contribution in [3.8, 4) is 0 Å². The monoisotopic (exact) mass is 381 g/mol. The Labute approximate surface area is 165 Å². The lowest BCUT2D eigenvalue weighted by Gasteiger charge is -2.19. The highest BCUT2D eigenvalue weighted by molar-refractivity contribution is 5.99. The average molecular weight is 381 g/mol. The first-order chi connectivity index (χ1) is 13.2. The molecule has 0 aliphatic rings. The van der Waals surface area contributed by atoms with E-state index in [1.165, 1.54) is 0 Å². The van der Waals surface area contributed by atoms with E-state index in [4.69, 9.17) is 0 Å². The minimum Gasteiger partial charge on any atom is -0.343 e. The van der Waals surface area contributed by atoms with Crippen LogP contribution in [0.3, 0.4) is 0 Å². The smallest absolute Gasteiger partial charge is 0.251 e. The maximum absolute atomic E-state index is 12.2. The minimum atomic E-state index is -0.348. The predicted octanol–water partition coefficient (Wildman–Crippen LogP) is 3.70. The van der Waals surface area contributed by atoms with Gasteiger partial charge in [0.25, 0.3) is 5.91 Å². The van der Waals surface area contributed by atoms with Gasteiger partial charge in [-0.2, -0.15) is 0 Å². The molecule has 0 unspecified atom stereocenters. The van der Waals surface area contributed by atoms with Gasteiger partial charge in [-0.3, -0.25) is 14.4 Å². The summed E-state index contributed by atoms with van der Waals surface area (Å²) in [6, 6.07) is 14.2. The van der Waals surface area contributed by atoms with Crippen molar-refractivity contribution in [2.75, 3.05) is 17.2 Å². The molecular weight excluding hydrogens is 354 g/mol. The molecule has 2 aromatic rings. The fourth-order valence-corrected chi connectivity index (χ4v) is 2.51. The lowest BCUT2D eigenvalue weighted by Crippen LogP contribution is -2.32. The topological polar surface area (TPSA) is 87.3 Å². The average Bonchev–Trinajstić information content (AvgIpc) is 2.65. The third kappa shape index (κ3) is 6.23. The van der Waals surface area contributed by atoms with Crippen molar-refractivity contribution in [2.24, 2.45) is 0 Å². The molecule has 0 saturated carbocycles. The van der Waals surface area contributed by atoms with Crippen LogP contribution in [0.15, 0.2) is 48.5 Å². The van der Waals surface area contributed by atoms with Crippen LogP contribution < -0.4 is 16.0 Å². The molecule has 28 heavy (non-hydrogen) atoms. The van der Waals surface area contributed by atoms with Gasteiger partial charge in [0.15, 0.2) is 0 Å². The first kappa shape index (κ1) is 21.2. The zero-order chi connectivity index (χ0) is 20.7. The third-order valence-corrected chi connectivity index (χ3v) is 4.17. The largest absolute Gasteiger partial charge is 0.343 e. The first-order valence-electron chi connectivity index (χ1n) is 9.27. The van der Waals surface area contributed by atoms with E-state index < -0.39 is 0 Å². The number of benzene rings is 2. The van der Waals surface area contributed by atoms with Crippen molar-refractivity contribution >= 4 is 29.1 Å². The summed E-state index contributed by atoms with van der Waals surface area (Å²) in [5.41, 5.74) is 2.80. The normalized spacial score (nSPS) is 10.9. The second kappa shape index (κ2) is 9.17. The van der Waals surface area contributed by atoms with Crippen molar-refractivity contribution in [3.63, 3.8) is 0 Å². The molecule has 0 saturated heterocycles. The van der Waals surface area contributed by atoms with Crippen LogP contribution in [-0.4, -0.2) is 24.3 Å². The zero-order valence-corrected chi connectivity index (χ0v) is 16.8. The molecule has 6 nitrogen and oxygen atoms in total. The number of hydrogen-bond donors (Lipinski definition) is 3. The number of amides is 3. The third-order valence-electron chi connectivity index (χ3n) is 4.17. The molecule has 3 N–H and O–H groups in total. The van der Waals surface area contributed by atoms with Gasteiger partial charge < -0.3 is 16.0 Å². The highest BCUT2D eigenvalue weighted by Crippen LogP contribution is 2.22. The fourth-order valence-electron chi connectivity index (χ4n) is 2.51. The molecule has 2 aromatic carbocycles. The van der Waals surface area contributed by atoms with E-state index in [1.54, 1.807) is 43.3 Å². The molecule has 0 fully saturated rings. The SMILES string of the molecule is CCC(=O)Nc1cccc(NC(=O)CNC(=O)c2ccc(C(C)(C)C)cc2)c1. The molecule has 6 heteroatoms. The van der Waals surface area contributed by atoms with Crippen LogP contribution in [0.25, 0.3) is 0 Å². The van der Waals surface area contributed by atoms with Crippen LogP contribution >= 0.6 is 0 Å². The summed E-state index contributed by atoms with van der Waals surface area (Å²) in [6.45, 7) is 7.94. The fraction of sp³-hybridized carbons (Fsp3) is 0.318. The number of rotatable bonds is 6. The van der Waals surface area contributed by atoms with E-state index in [1.807, 2.05) is 12.1 Å². The standard InChI is InChI=1S/C22H27N3O3/c1-5-19(26)24-17-7-6-8-18(13-17)25-20(27)14-23-21(28)15-9-11-16(12-10-15)22(2,3)4/h6-13H,5,14H2,1-4H3,(H,23,28)(H,24,26)(H,25,27). The van der Waals surface area contributed by atoms with Gasteiger partial charge in [-0.25, -0.2) is 0 Å². The van der Waals surface area contributed by atoms with Gasteiger partial charge in [-0.15, -0.1) is 0 Å². The van der Waals surface area contributed by atoms with Gasteiger partial charge in [0.05, 0.1) is 6.54 Å². The van der Waals surface area contributed by atoms with E-state index in [2.05, 4.69) is 36.7 Å². The van der Waals surface area contributed by atoms with Gasteiger partial charge in [-0.1, -0.05) is 45.9 Å². The highest BCUT2D eigenvalue weighted by Gasteiger charge is 2.14. The van der Waals surface area contributed by atoms with Crippen molar-refractivity contribution in [2.45, 2.75) is 39.5 Å². The Hall–Kier alpha value is -3.15. The van der Waals surface area contributed by atoms with Gasteiger partial charge >= 0.3 is 0 Å². The summed E-state index contributed by atoms with van der Waals surface area (Å²) in [4.78, 5) is 35.8. The molecule has 148 valence electrons. The van der Waals surface area contributed by atoms with Crippen LogP contribution in [0, 0.1) is 0 Å². The number of nitrogens with one attached hydrogen (secondary N) is 3. The molecule has 3 amide bonds. The van der Waals surface area contributed by atoms with Gasteiger partial charge in [0, 0.05) is 23.4 Å². The lowest BCUT2D eigenvalue weighted by molar-refractivity contribution is -0.116. The Kier molecular flexibility index (Phi) is 6.93. The zero-order valence-electron chi connectivity index (χ0n) is 16.8. The molecule has 0 aliphatic heterocycles. The highest BCUT2D eigenvalue weighted by atomic mass is 16.2. The Morgan fingerprint density at radius 1 is 0.857 bits per heavy atom. The van der Waals surface area contributed by atoms with Crippen LogP contribution in [0.5, 0.6) is 0 Å². The maximum atomic E-state index is 12.2. The van der Waals surface area contributed by atoms with E-state index in [0.29, 0.717) is 23.4 Å². The van der Waals surface area contributed by atoms with Crippen molar-refractivity contribution < 1.29 is 14.4 Å². The van der Waals surface area contributed by atoms with Crippen molar-refractivity contribution in [3.05, 3.63) is 59.7 Å². The quantitative estimate of drug-likeness (QED) is 0.713. The van der Waals surface area contributed by atoms with Crippen LogP contribution in [0.4, 0.5) is 11.4 Å². The molecular formula is C22H27N3O3. The second-order valence-corrected chi connectivity index (χ2v) is 7.54. The summed E-state index contributed by atoms with van der Waals surface area (Å²) >= 11 is 0. The molecule has 0 bridgehead atoms.